The zero-order valence-corrected chi connectivity index (χ0v) is 18.1. The summed E-state index contributed by atoms with van der Waals surface area (Å²) in [7, 11) is 3.64. The number of imidazole rings is 2. The number of aryl methyl sites for hydroxylation is 2. The SMILES string of the molecule is COc1cccc(C(Nc2cc(C)c(C#N)c3nc4ccccc4n23)c2nccn2C)c1. The Balaban J connectivity index is 1.75. The number of pyridine rings is 1. The highest BCUT2D eigenvalue weighted by molar-refractivity contribution is 5.85. The molecule has 5 aromatic rings. The van der Waals surface area contributed by atoms with Crippen LogP contribution >= 0.6 is 0 Å². The Hall–Kier alpha value is -4.31. The van der Waals surface area contributed by atoms with Crippen molar-refractivity contribution in [3.63, 3.8) is 0 Å². The number of nitrogens with zero attached hydrogens (tertiary/aromatic N) is 5. The molecule has 158 valence electrons. The maximum atomic E-state index is 9.79. The molecule has 3 aromatic heterocycles. The molecule has 1 N–H and O–H groups in total. The molecule has 2 aromatic carbocycles. The summed E-state index contributed by atoms with van der Waals surface area (Å²) < 4.78 is 9.47. The van der Waals surface area contributed by atoms with Crippen LogP contribution in [0.15, 0.2) is 67.0 Å². The van der Waals surface area contributed by atoms with E-state index in [1.165, 1.54) is 0 Å². The molecule has 0 fully saturated rings. The second-order valence-corrected chi connectivity index (χ2v) is 7.71. The highest BCUT2D eigenvalue weighted by atomic mass is 16.5. The van der Waals surface area contributed by atoms with Gasteiger partial charge in [0.25, 0.3) is 0 Å². The lowest BCUT2D eigenvalue weighted by Gasteiger charge is -2.22. The Morgan fingerprint density at radius 1 is 1.12 bits per heavy atom. The number of para-hydroxylation sites is 2. The van der Waals surface area contributed by atoms with Crippen molar-refractivity contribution in [1.82, 2.24) is 18.9 Å². The molecule has 0 aliphatic carbocycles. The first-order valence-corrected chi connectivity index (χ1v) is 10.3. The summed E-state index contributed by atoms with van der Waals surface area (Å²) >= 11 is 0. The first-order chi connectivity index (χ1) is 15.6. The van der Waals surface area contributed by atoms with Crippen molar-refractivity contribution in [2.24, 2.45) is 7.05 Å². The number of anilines is 1. The fraction of sp³-hybridized carbons (Fsp3) is 0.160. The van der Waals surface area contributed by atoms with Gasteiger partial charge in [-0.05, 0) is 48.4 Å². The number of aromatic nitrogens is 4. The first-order valence-electron chi connectivity index (χ1n) is 10.3. The zero-order chi connectivity index (χ0) is 22.2. The third kappa shape index (κ3) is 3.13. The normalized spacial score (nSPS) is 12.1. The van der Waals surface area contributed by atoms with E-state index in [9.17, 15) is 5.26 Å². The Morgan fingerprint density at radius 2 is 1.97 bits per heavy atom. The predicted molar refractivity (Wildman–Crippen MR) is 124 cm³/mol. The van der Waals surface area contributed by atoms with Crippen molar-refractivity contribution in [2.45, 2.75) is 13.0 Å². The van der Waals surface area contributed by atoms with Crippen molar-refractivity contribution in [3.8, 4) is 11.8 Å². The number of nitrogens with one attached hydrogen (secondary N) is 1. The zero-order valence-electron chi connectivity index (χ0n) is 18.1. The molecule has 0 amide bonds. The predicted octanol–water partition coefficient (Wildman–Crippen LogP) is 4.61. The minimum atomic E-state index is -0.248. The van der Waals surface area contributed by atoms with E-state index in [2.05, 4.69) is 22.4 Å². The minimum absolute atomic E-state index is 0.248. The summed E-state index contributed by atoms with van der Waals surface area (Å²) in [6, 6.07) is 19.9. The van der Waals surface area contributed by atoms with Crippen LogP contribution in [0.3, 0.4) is 0 Å². The maximum absolute atomic E-state index is 9.79. The minimum Gasteiger partial charge on any atom is -0.497 e. The molecular formula is C25H22N6O. The van der Waals surface area contributed by atoms with Gasteiger partial charge in [0.2, 0.25) is 0 Å². The number of benzene rings is 2. The molecule has 7 nitrogen and oxygen atoms in total. The summed E-state index contributed by atoms with van der Waals surface area (Å²) in [5.74, 6) is 2.47. The lowest BCUT2D eigenvalue weighted by molar-refractivity contribution is 0.414. The second-order valence-electron chi connectivity index (χ2n) is 7.71. The van der Waals surface area contributed by atoms with E-state index in [1.54, 1.807) is 13.3 Å². The molecule has 7 heteroatoms. The maximum Gasteiger partial charge on any atom is 0.157 e. The highest BCUT2D eigenvalue weighted by Gasteiger charge is 2.22. The molecule has 32 heavy (non-hydrogen) atoms. The molecule has 0 aliphatic heterocycles. The van der Waals surface area contributed by atoms with Crippen LogP contribution in [0.25, 0.3) is 16.7 Å². The monoisotopic (exact) mass is 422 g/mol. The van der Waals surface area contributed by atoms with Gasteiger partial charge in [-0.3, -0.25) is 4.40 Å². The average Bonchev–Trinajstić information content (AvgIpc) is 3.41. The summed E-state index contributed by atoms with van der Waals surface area (Å²) in [5.41, 5.74) is 4.86. The smallest absolute Gasteiger partial charge is 0.157 e. The molecule has 0 saturated carbocycles. The lowest BCUT2D eigenvalue weighted by Crippen LogP contribution is -2.18. The van der Waals surface area contributed by atoms with Crippen LogP contribution in [-0.4, -0.2) is 26.0 Å². The van der Waals surface area contributed by atoms with Crippen LogP contribution in [-0.2, 0) is 7.05 Å². The van der Waals surface area contributed by atoms with Gasteiger partial charge in [0.1, 0.15) is 29.5 Å². The van der Waals surface area contributed by atoms with E-state index in [0.717, 1.165) is 39.6 Å². The molecule has 3 heterocycles. The summed E-state index contributed by atoms with van der Waals surface area (Å²) in [6.07, 6.45) is 3.72. The molecule has 0 bridgehead atoms. The van der Waals surface area contributed by atoms with Crippen LogP contribution < -0.4 is 10.1 Å². The molecule has 0 aliphatic rings. The Bertz CT molecular complexity index is 1490. The molecule has 1 unspecified atom stereocenters. The lowest BCUT2D eigenvalue weighted by atomic mass is 10.1. The van der Waals surface area contributed by atoms with Gasteiger partial charge in [-0.15, -0.1) is 0 Å². The van der Waals surface area contributed by atoms with Crippen LogP contribution in [0.1, 0.15) is 28.6 Å². The molecule has 5 rings (SSSR count). The van der Waals surface area contributed by atoms with Gasteiger partial charge in [-0.1, -0.05) is 24.3 Å². The standard InChI is InChI=1S/C25H22N6O/c1-16-13-22(31-21-10-5-4-9-20(21)28-24(31)19(16)15-26)29-23(25-27-11-12-30(25)2)17-7-6-8-18(14-17)32-3/h4-14,23,29H,1-3H3. The Morgan fingerprint density at radius 3 is 2.72 bits per heavy atom. The van der Waals surface area contributed by atoms with Gasteiger partial charge in [-0.25, -0.2) is 9.97 Å². The second kappa shape index (κ2) is 7.75. The quantitative estimate of drug-likeness (QED) is 0.447. The molecule has 0 saturated heterocycles. The fourth-order valence-electron chi connectivity index (χ4n) is 4.12. The summed E-state index contributed by atoms with van der Waals surface area (Å²) in [4.78, 5) is 9.37. The first kappa shape index (κ1) is 19.6. The van der Waals surface area contributed by atoms with Crippen LogP contribution in [0.2, 0.25) is 0 Å². The number of fused-ring (bicyclic) bond motifs is 3. The van der Waals surface area contributed by atoms with Crippen molar-refractivity contribution in [2.75, 3.05) is 12.4 Å². The van der Waals surface area contributed by atoms with Crippen molar-refractivity contribution >= 4 is 22.5 Å². The van der Waals surface area contributed by atoms with Gasteiger partial charge in [0.05, 0.1) is 23.7 Å². The number of nitriles is 1. The van der Waals surface area contributed by atoms with Gasteiger partial charge in [0, 0.05) is 19.4 Å². The number of ether oxygens (including phenoxy) is 1. The third-order valence-corrected chi connectivity index (χ3v) is 5.72. The van der Waals surface area contributed by atoms with Gasteiger partial charge in [0.15, 0.2) is 5.65 Å². The van der Waals surface area contributed by atoms with Gasteiger partial charge < -0.3 is 14.6 Å². The average molecular weight is 422 g/mol. The van der Waals surface area contributed by atoms with E-state index >= 15 is 0 Å². The Labute approximate surface area is 185 Å². The van der Waals surface area contributed by atoms with Crippen LogP contribution in [0.4, 0.5) is 5.82 Å². The van der Waals surface area contributed by atoms with Crippen molar-refractivity contribution in [3.05, 3.63) is 89.5 Å². The fourth-order valence-corrected chi connectivity index (χ4v) is 4.12. The summed E-state index contributed by atoms with van der Waals surface area (Å²) in [6.45, 7) is 1.93. The third-order valence-electron chi connectivity index (χ3n) is 5.72. The molecule has 1 atom stereocenters. The Kier molecular flexibility index (Phi) is 4.75. The number of rotatable bonds is 5. The highest BCUT2D eigenvalue weighted by Crippen LogP contribution is 2.32. The van der Waals surface area contributed by atoms with Crippen LogP contribution in [0.5, 0.6) is 5.75 Å². The van der Waals surface area contributed by atoms with Gasteiger partial charge >= 0.3 is 0 Å². The number of hydrogen-bond donors (Lipinski definition) is 1. The van der Waals surface area contributed by atoms with E-state index in [1.807, 2.05) is 77.7 Å². The van der Waals surface area contributed by atoms with Crippen LogP contribution in [0, 0.1) is 18.3 Å². The van der Waals surface area contributed by atoms with Gasteiger partial charge in [-0.2, -0.15) is 5.26 Å². The largest absolute Gasteiger partial charge is 0.497 e. The van der Waals surface area contributed by atoms with E-state index in [0.29, 0.717) is 11.2 Å². The van der Waals surface area contributed by atoms with Crippen molar-refractivity contribution < 1.29 is 4.74 Å². The van der Waals surface area contributed by atoms with E-state index in [4.69, 9.17) is 9.72 Å². The molecule has 0 spiro atoms. The van der Waals surface area contributed by atoms with Crippen molar-refractivity contribution in [1.29, 1.82) is 5.26 Å². The van der Waals surface area contributed by atoms with E-state index in [-0.39, 0.29) is 6.04 Å². The number of methoxy groups -OCH3 is 1. The topological polar surface area (TPSA) is 80.2 Å². The summed E-state index contributed by atoms with van der Waals surface area (Å²) in [5, 5.41) is 13.5. The molecular weight excluding hydrogens is 400 g/mol. The molecule has 0 radical (unpaired) electrons. The number of hydrogen-bond acceptors (Lipinski definition) is 5. The van der Waals surface area contributed by atoms with E-state index < -0.39 is 0 Å².